The van der Waals surface area contributed by atoms with E-state index in [1.807, 2.05) is 0 Å². The Morgan fingerprint density at radius 3 is 1.89 bits per heavy atom. The first-order valence-corrected chi connectivity index (χ1v) is 7.83. The summed E-state index contributed by atoms with van der Waals surface area (Å²) < 4.78 is 0. The second-order valence-electron chi connectivity index (χ2n) is 8.25. The third-order valence-corrected chi connectivity index (χ3v) is 8.26. The van der Waals surface area contributed by atoms with Crippen molar-refractivity contribution in [2.45, 2.75) is 101 Å². The Morgan fingerprint density at radius 1 is 1.05 bits per heavy atom. The average Bonchev–Trinajstić information content (AvgIpc) is 3.22. The van der Waals surface area contributed by atoms with Gasteiger partial charge in [-0.1, -0.05) is 13.8 Å². The van der Waals surface area contributed by atoms with Gasteiger partial charge in [-0.05, 0) is 54.4 Å². The third kappa shape index (κ3) is 0.950. The number of rotatable bonds is 4. The highest BCUT2D eigenvalue weighted by atomic mass is 15.7. The summed E-state index contributed by atoms with van der Waals surface area (Å²) in [5.41, 5.74) is 7.62. The van der Waals surface area contributed by atoms with Crippen molar-refractivity contribution in [3.05, 3.63) is 0 Å². The smallest absolute Gasteiger partial charge is 0.0591 e. The summed E-state index contributed by atoms with van der Waals surface area (Å²) in [4.78, 5) is 2.71. The second-order valence-corrected chi connectivity index (χ2v) is 8.25. The van der Waals surface area contributed by atoms with E-state index in [1.165, 1.54) is 6.42 Å². The number of nitrogens with zero attached hydrogens (tertiary/aromatic N) is 1. The lowest BCUT2D eigenvalue weighted by molar-refractivity contribution is 0.195. The molecule has 3 aliphatic rings. The largest absolute Gasteiger partial charge is 0.324 e. The topological polar surface area (TPSA) is 51.0 Å². The average molecular weight is 265 g/mol. The molecule has 0 aromatic heterocycles. The molecule has 7 atom stereocenters. The van der Waals surface area contributed by atoms with Crippen LogP contribution in [0.25, 0.3) is 0 Å². The van der Waals surface area contributed by atoms with Crippen LogP contribution < -0.4 is 11.1 Å². The first-order chi connectivity index (χ1) is 8.44. The maximum atomic E-state index is 6.58. The SMILES string of the molecule is CCC(C)(N)C1(C)NC1(C)C1(C)N2C(C)(CC)C21C. The minimum atomic E-state index is -0.153. The molecule has 0 amide bonds. The van der Waals surface area contributed by atoms with Gasteiger partial charge < -0.3 is 5.73 Å². The van der Waals surface area contributed by atoms with E-state index in [0.717, 1.165) is 6.42 Å². The Labute approximate surface area is 118 Å². The van der Waals surface area contributed by atoms with Crippen molar-refractivity contribution in [2.24, 2.45) is 5.73 Å². The Balaban J connectivity index is 1.89. The first kappa shape index (κ1) is 13.8. The van der Waals surface area contributed by atoms with Crippen LogP contribution in [0.2, 0.25) is 0 Å². The Kier molecular flexibility index (Phi) is 2.12. The first-order valence-electron chi connectivity index (χ1n) is 7.83. The molecular formula is C16H31N3. The fraction of sp³-hybridized carbons (Fsp3) is 1.00. The summed E-state index contributed by atoms with van der Waals surface area (Å²) in [6.45, 7) is 18.6. The number of nitrogens with one attached hydrogen (secondary N) is 1. The van der Waals surface area contributed by atoms with Crippen LogP contribution in [0.5, 0.6) is 0 Å². The standard InChI is InChI=1S/C16H31N3/c1-9-11(3,17)13(5)14(6,18-13)16(8)15(7)12(4,10-2)19(15)16/h18H,9-10,17H2,1-8H3. The summed E-state index contributed by atoms with van der Waals surface area (Å²) in [5.74, 6) is 0. The van der Waals surface area contributed by atoms with E-state index in [1.54, 1.807) is 0 Å². The van der Waals surface area contributed by atoms with E-state index < -0.39 is 0 Å². The molecule has 3 saturated heterocycles. The molecule has 19 heavy (non-hydrogen) atoms. The zero-order chi connectivity index (χ0) is 14.7. The predicted molar refractivity (Wildman–Crippen MR) is 80.2 cm³/mol. The van der Waals surface area contributed by atoms with Crippen molar-refractivity contribution in [3.63, 3.8) is 0 Å². The van der Waals surface area contributed by atoms with Gasteiger partial charge in [0.25, 0.3) is 0 Å². The molecule has 3 fully saturated rings. The molecule has 3 rings (SSSR count). The van der Waals surface area contributed by atoms with E-state index in [2.05, 4.69) is 65.6 Å². The normalized spacial score (nSPS) is 65.2. The van der Waals surface area contributed by atoms with Crippen LogP contribution in [-0.2, 0) is 0 Å². The zero-order valence-corrected chi connectivity index (χ0v) is 13.9. The number of nitrogens with two attached hydrogens (primary N) is 1. The molecule has 0 radical (unpaired) electrons. The van der Waals surface area contributed by atoms with E-state index in [-0.39, 0.29) is 22.2 Å². The van der Waals surface area contributed by atoms with Crippen molar-refractivity contribution in [1.82, 2.24) is 10.2 Å². The van der Waals surface area contributed by atoms with Gasteiger partial charge in [0.05, 0.1) is 22.2 Å². The Hall–Kier alpha value is -0.120. The summed E-state index contributed by atoms with van der Waals surface area (Å²) in [6.07, 6.45) is 2.24. The van der Waals surface area contributed by atoms with Crippen LogP contribution in [0.3, 0.4) is 0 Å². The maximum absolute atomic E-state index is 6.58. The van der Waals surface area contributed by atoms with Gasteiger partial charge in [0.1, 0.15) is 0 Å². The quantitative estimate of drug-likeness (QED) is 0.767. The van der Waals surface area contributed by atoms with Crippen LogP contribution in [0.4, 0.5) is 0 Å². The Morgan fingerprint density at radius 2 is 1.53 bits per heavy atom. The molecule has 3 nitrogen and oxygen atoms in total. The molecule has 3 heterocycles. The molecule has 110 valence electrons. The van der Waals surface area contributed by atoms with Gasteiger partial charge in [0.15, 0.2) is 0 Å². The highest BCUT2D eigenvalue weighted by molar-refractivity contribution is 5.60. The van der Waals surface area contributed by atoms with Crippen LogP contribution in [-0.4, -0.2) is 38.1 Å². The van der Waals surface area contributed by atoms with Crippen molar-refractivity contribution in [3.8, 4) is 0 Å². The second kappa shape index (κ2) is 2.90. The van der Waals surface area contributed by atoms with Gasteiger partial charge in [-0.15, -0.1) is 0 Å². The van der Waals surface area contributed by atoms with Crippen molar-refractivity contribution < 1.29 is 0 Å². The van der Waals surface area contributed by atoms with Crippen LogP contribution in [0.15, 0.2) is 0 Å². The number of hydrogen-bond acceptors (Lipinski definition) is 3. The minimum absolute atomic E-state index is 0.0363. The molecule has 3 N–H and O–H groups in total. The lowest BCUT2D eigenvalue weighted by Gasteiger charge is -2.41. The van der Waals surface area contributed by atoms with Gasteiger partial charge in [0, 0.05) is 11.1 Å². The lowest BCUT2D eigenvalue weighted by Crippen LogP contribution is -2.60. The third-order valence-electron chi connectivity index (χ3n) is 8.26. The Bertz CT molecular complexity index is 461. The molecule has 3 heteroatoms. The molecule has 0 bridgehead atoms. The molecule has 0 aliphatic carbocycles. The fourth-order valence-corrected chi connectivity index (χ4v) is 5.60. The highest BCUT2D eigenvalue weighted by Crippen LogP contribution is 2.84. The predicted octanol–water partition coefficient (Wildman–Crippen LogP) is 2.25. The van der Waals surface area contributed by atoms with Crippen molar-refractivity contribution in [2.75, 3.05) is 0 Å². The highest BCUT2D eigenvalue weighted by Gasteiger charge is 3.02. The number of hydrogen-bond donors (Lipinski definition) is 2. The van der Waals surface area contributed by atoms with Crippen molar-refractivity contribution in [1.29, 1.82) is 0 Å². The fourth-order valence-electron chi connectivity index (χ4n) is 5.60. The zero-order valence-electron chi connectivity index (χ0n) is 13.9. The van der Waals surface area contributed by atoms with E-state index in [4.69, 9.17) is 5.73 Å². The summed E-state index contributed by atoms with van der Waals surface area (Å²) in [6, 6.07) is 0. The van der Waals surface area contributed by atoms with Gasteiger partial charge in [-0.3, -0.25) is 10.2 Å². The molecule has 0 aromatic rings. The summed E-state index contributed by atoms with van der Waals surface area (Å²) >= 11 is 0. The molecule has 0 saturated carbocycles. The van der Waals surface area contributed by atoms with E-state index in [9.17, 15) is 0 Å². The van der Waals surface area contributed by atoms with Crippen molar-refractivity contribution >= 4 is 0 Å². The summed E-state index contributed by atoms with van der Waals surface area (Å²) in [5, 5.41) is 3.80. The lowest BCUT2D eigenvalue weighted by atomic mass is 9.65. The minimum Gasteiger partial charge on any atom is -0.324 e. The van der Waals surface area contributed by atoms with Gasteiger partial charge in [-0.25, -0.2) is 0 Å². The molecular weight excluding hydrogens is 234 g/mol. The van der Waals surface area contributed by atoms with E-state index in [0.29, 0.717) is 11.1 Å². The monoisotopic (exact) mass is 265 g/mol. The molecule has 3 aliphatic heterocycles. The maximum Gasteiger partial charge on any atom is 0.0591 e. The van der Waals surface area contributed by atoms with Crippen LogP contribution in [0, 0.1) is 0 Å². The molecule has 0 aromatic carbocycles. The summed E-state index contributed by atoms with van der Waals surface area (Å²) in [7, 11) is 0. The van der Waals surface area contributed by atoms with Crippen LogP contribution in [0.1, 0.15) is 68.2 Å². The van der Waals surface area contributed by atoms with Gasteiger partial charge in [0.2, 0.25) is 0 Å². The molecule has 0 spiro atoms. The molecule has 7 unspecified atom stereocenters. The van der Waals surface area contributed by atoms with Gasteiger partial charge in [-0.2, -0.15) is 0 Å². The van der Waals surface area contributed by atoms with Crippen LogP contribution >= 0.6 is 0 Å². The van der Waals surface area contributed by atoms with Gasteiger partial charge >= 0.3 is 0 Å². The number of fused-ring (bicyclic) bond motifs is 1. The van der Waals surface area contributed by atoms with E-state index >= 15 is 0 Å².